The Balaban J connectivity index is 2.10. The lowest BCUT2D eigenvalue weighted by atomic mass is 9.77. The van der Waals surface area contributed by atoms with Gasteiger partial charge in [-0.25, -0.2) is 0 Å². The minimum Gasteiger partial charge on any atom is -0.394 e. The summed E-state index contributed by atoms with van der Waals surface area (Å²) in [5.41, 5.74) is -0.171. The molecule has 0 bridgehead atoms. The van der Waals surface area contributed by atoms with Gasteiger partial charge in [-0.2, -0.15) is 0 Å². The van der Waals surface area contributed by atoms with Gasteiger partial charge in [-0.3, -0.25) is 4.79 Å². The predicted molar refractivity (Wildman–Crippen MR) is 64.1 cm³/mol. The van der Waals surface area contributed by atoms with Crippen LogP contribution in [0.25, 0.3) is 0 Å². The molecule has 1 aliphatic carbocycles. The first-order chi connectivity index (χ1) is 7.58. The Morgan fingerprint density at radius 1 is 1.44 bits per heavy atom. The van der Waals surface area contributed by atoms with Crippen molar-refractivity contribution < 1.29 is 9.90 Å². The summed E-state index contributed by atoms with van der Waals surface area (Å²) < 4.78 is 0. The molecule has 0 heterocycles. The predicted octanol–water partition coefficient (Wildman–Crippen LogP) is 0.653. The highest BCUT2D eigenvalue weighted by Crippen LogP contribution is 2.30. The van der Waals surface area contributed by atoms with Crippen LogP contribution in [0.4, 0.5) is 0 Å². The lowest BCUT2D eigenvalue weighted by Crippen LogP contribution is -2.56. The summed E-state index contributed by atoms with van der Waals surface area (Å²) >= 11 is 0. The number of amides is 1. The maximum atomic E-state index is 11.5. The van der Waals surface area contributed by atoms with Crippen molar-refractivity contribution in [2.24, 2.45) is 5.92 Å². The van der Waals surface area contributed by atoms with E-state index in [9.17, 15) is 9.90 Å². The Morgan fingerprint density at radius 2 is 2.12 bits per heavy atom. The number of hydrogen-bond donors (Lipinski definition) is 3. The summed E-state index contributed by atoms with van der Waals surface area (Å²) in [6, 6.07) is 0. The number of hydrogen-bond acceptors (Lipinski definition) is 3. The van der Waals surface area contributed by atoms with Gasteiger partial charge in [0.2, 0.25) is 5.91 Å². The molecule has 0 aromatic rings. The van der Waals surface area contributed by atoms with E-state index < -0.39 is 0 Å². The Labute approximate surface area is 97.8 Å². The molecule has 3 N–H and O–H groups in total. The average Bonchev–Trinajstić information content (AvgIpc) is 2.16. The van der Waals surface area contributed by atoms with Crippen molar-refractivity contribution >= 4 is 5.91 Å². The Kier molecular flexibility index (Phi) is 5.22. The molecule has 0 atom stereocenters. The van der Waals surface area contributed by atoms with Crippen molar-refractivity contribution in [1.82, 2.24) is 10.6 Å². The standard InChI is InChI=1S/C12H24N2O2/c1-10(2)4-7-13-11(16)8-14-12(9-15)5-3-6-12/h10,14-15H,3-9H2,1-2H3,(H,13,16). The molecule has 0 radical (unpaired) electrons. The molecule has 0 unspecified atom stereocenters. The summed E-state index contributed by atoms with van der Waals surface area (Å²) in [6.45, 7) is 5.47. The van der Waals surface area contributed by atoms with Crippen LogP contribution in [0.1, 0.15) is 39.5 Å². The quantitative estimate of drug-likeness (QED) is 0.599. The molecule has 1 saturated carbocycles. The molecule has 1 aliphatic rings. The Hall–Kier alpha value is -0.610. The molecule has 1 fully saturated rings. The first kappa shape index (κ1) is 13.5. The van der Waals surface area contributed by atoms with E-state index in [2.05, 4.69) is 24.5 Å². The third-order valence-electron chi connectivity index (χ3n) is 3.28. The molecule has 0 aromatic heterocycles. The number of aliphatic hydroxyl groups excluding tert-OH is 1. The molecule has 1 rings (SSSR count). The molecule has 1 amide bonds. The van der Waals surface area contributed by atoms with Gasteiger partial charge in [0.25, 0.3) is 0 Å². The van der Waals surface area contributed by atoms with Crippen LogP contribution in [0.2, 0.25) is 0 Å². The van der Waals surface area contributed by atoms with E-state index >= 15 is 0 Å². The molecule has 4 nitrogen and oxygen atoms in total. The second-order valence-electron chi connectivity index (χ2n) is 5.18. The van der Waals surface area contributed by atoms with Crippen LogP contribution in [-0.4, -0.2) is 36.2 Å². The van der Waals surface area contributed by atoms with Gasteiger partial charge >= 0.3 is 0 Å². The minimum atomic E-state index is -0.171. The third kappa shape index (κ3) is 4.10. The third-order valence-corrected chi connectivity index (χ3v) is 3.28. The van der Waals surface area contributed by atoms with Crippen molar-refractivity contribution in [3.05, 3.63) is 0 Å². The second-order valence-corrected chi connectivity index (χ2v) is 5.18. The highest BCUT2D eigenvalue weighted by Gasteiger charge is 2.35. The van der Waals surface area contributed by atoms with Crippen LogP contribution in [-0.2, 0) is 4.79 Å². The largest absolute Gasteiger partial charge is 0.394 e. The summed E-state index contributed by atoms with van der Waals surface area (Å²) in [6.07, 6.45) is 4.10. The fraction of sp³-hybridized carbons (Fsp3) is 0.917. The summed E-state index contributed by atoms with van der Waals surface area (Å²) in [5, 5.41) is 15.2. The van der Waals surface area contributed by atoms with Gasteiger partial charge in [-0.05, 0) is 31.6 Å². The molecule has 0 aromatic carbocycles. The number of aliphatic hydroxyl groups is 1. The van der Waals surface area contributed by atoms with E-state index in [0.717, 1.165) is 32.2 Å². The molecule has 0 spiro atoms. The van der Waals surface area contributed by atoms with Crippen LogP contribution in [0.15, 0.2) is 0 Å². The first-order valence-corrected chi connectivity index (χ1v) is 6.20. The Morgan fingerprint density at radius 3 is 2.56 bits per heavy atom. The normalized spacial score (nSPS) is 18.2. The number of rotatable bonds is 7. The number of carbonyl (C=O) groups excluding carboxylic acids is 1. The van der Waals surface area contributed by atoms with Crippen molar-refractivity contribution in [2.45, 2.75) is 45.1 Å². The topological polar surface area (TPSA) is 61.4 Å². The fourth-order valence-electron chi connectivity index (χ4n) is 1.82. The van der Waals surface area contributed by atoms with Gasteiger partial charge in [0.05, 0.1) is 13.2 Å². The van der Waals surface area contributed by atoms with Gasteiger partial charge in [0.15, 0.2) is 0 Å². The van der Waals surface area contributed by atoms with E-state index in [-0.39, 0.29) is 18.1 Å². The molecule has 0 saturated heterocycles. The van der Waals surface area contributed by atoms with E-state index in [1.54, 1.807) is 0 Å². The van der Waals surface area contributed by atoms with Crippen LogP contribution in [0.3, 0.4) is 0 Å². The van der Waals surface area contributed by atoms with Crippen LogP contribution in [0.5, 0.6) is 0 Å². The number of nitrogens with one attached hydrogen (secondary N) is 2. The maximum absolute atomic E-state index is 11.5. The van der Waals surface area contributed by atoms with E-state index in [4.69, 9.17) is 0 Å². The van der Waals surface area contributed by atoms with Gasteiger partial charge in [-0.15, -0.1) is 0 Å². The summed E-state index contributed by atoms with van der Waals surface area (Å²) in [4.78, 5) is 11.5. The van der Waals surface area contributed by atoms with Crippen molar-refractivity contribution in [3.63, 3.8) is 0 Å². The molecule has 0 aliphatic heterocycles. The zero-order valence-electron chi connectivity index (χ0n) is 10.4. The highest BCUT2D eigenvalue weighted by atomic mass is 16.3. The zero-order valence-corrected chi connectivity index (χ0v) is 10.4. The van der Waals surface area contributed by atoms with Crippen LogP contribution >= 0.6 is 0 Å². The van der Waals surface area contributed by atoms with Crippen LogP contribution in [0, 0.1) is 5.92 Å². The van der Waals surface area contributed by atoms with Gasteiger partial charge in [0, 0.05) is 12.1 Å². The molecule has 4 heteroatoms. The summed E-state index contributed by atoms with van der Waals surface area (Å²) in [7, 11) is 0. The lowest BCUT2D eigenvalue weighted by molar-refractivity contribution is -0.121. The van der Waals surface area contributed by atoms with Gasteiger partial charge in [0.1, 0.15) is 0 Å². The van der Waals surface area contributed by atoms with Crippen molar-refractivity contribution in [1.29, 1.82) is 0 Å². The van der Waals surface area contributed by atoms with Crippen molar-refractivity contribution in [2.75, 3.05) is 19.7 Å². The molecular weight excluding hydrogens is 204 g/mol. The van der Waals surface area contributed by atoms with Crippen molar-refractivity contribution in [3.8, 4) is 0 Å². The van der Waals surface area contributed by atoms with Crippen LogP contribution < -0.4 is 10.6 Å². The second kappa shape index (κ2) is 6.21. The minimum absolute atomic E-state index is 0.0281. The zero-order chi connectivity index (χ0) is 12.0. The van der Waals surface area contributed by atoms with E-state index in [0.29, 0.717) is 12.5 Å². The smallest absolute Gasteiger partial charge is 0.233 e. The van der Waals surface area contributed by atoms with E-state index in [1.807, 2.05) is 0 Å². The highest BCUT2D eigenvalue weighted by molar-refractivity contribution is 5.78. The maximum Gasteiger partial charge on any atom is 0.233 e. The lowest BCUT2D eigenvalue weighted by Gasteiger charge is -2.41. The SMILES string of the molecule is CC(C)CCNC(=O)CNC1(CO)CCC1. The average molecular weight is 228 g/mol. The monoisotopic (exact) mass is 228 g/mol. The first-order valence-electron chi connectivity index (χ1n) is 6.20. The Bertz CT molecular complexity index is 220. The fourth-order valence-corrected chi connectivity index (χ4v) is 1.82. The van der Waals surface area contributed by atoms with E-state index in [1.165, 1.54) is 0 Å². The molecule has 94 valence electrons. The van der Waals surface area contributed by atoms with Gasteiger partial charge in [-0.1, -0.05) is 13.8 Å². The number of carbonyl (C=O) groups is 1. The molecule has 16 heavy (non-hydrogen) atoms. The summed E-state index contributed by atoms with van der Waals surface area (Å²) in [5.74, 6) is 0.643. The van der Waals surface area contributed by atoms with Gasteiger partial charge < -0.3 is 15.7 Å². The molecular formula is C12H24N2O2.